The summed E-state index contributed by atoms with van der Waals surface area (Å²) >= 11 is 0. The molecule has 0 amide bonds. The predicted molar refractivity (Wildman–Crippen MR) is 53.3 cm³/mol. The van der Waals surface area contributed by atoms with E-state index in [4.69, 9.17) is 9.84 Å². The average molecular weight is 201 g/mol. The molecule has 82 valence electrons. The second kappa shape index (κ2) is 5.32. The molecule has 0 bridgehead atoms. The maximum atomic E-state index is 10.7. The molecule has 1 unspecified atom stereocenters. The van der Waals surface area contributed by atoms with Crippen LogP contribution >= 0.6 is 0 Å². The number of hydrogen-bond donors (Lipinski definition) is 1. The van der Waals surface area contributed by atoms with Crippen LogP contribution in [-0.4, -0.2) is 48.8 Å². The summed E-state index contributed by atoms with van der Waals surface area (Å²) in [6.45, 7) is 4.70. The molecule has 14 heavy (non-hydrogen) atoms. The minimum atomic E-state index is -0.649. The SMILES string of the molecule is COC(C)CN1CCC(C(=O)O)CC1. The zero-order valence-corrected chi connectivity index (χ0v) is 8.90. The summed E-state index contributed by atoms with van der Waals surface area (Å²) in [6.07, 6.45) is 1.77. The molecule has 0 aromatic rings. The smallest absolute Gasteiger partial charge is 0.306 e. The quantitative estimate of drug-likeness (QED) is 0.731. The number of nitrogens with zero attached hydrogens (tertiary/aromatic N) is 1. The van der Waals surface area contributed by atoms with Gasteiger partial charge in [0.15, 0.2) is 0 Å². The van der Waals surface area contributed by atoms with Gasteiger partial charge >= 0.3 is 5.97 Å². The van der Waals surface area contributed by atoms with Crippen LogP contribution in [0, 0.1) is 5.92 Å². The van der Waals surface area contributed by atoms with Crippen molar-refractivity contribution in [2.24, 2.45) is 5.92 Å². The second-order valence-corrected chi connectivity index (χ2v) is 3.96. The lowest BCUT2D eigenvalue weighted by Crippen LogP contribution is -2.40. The van der Waals surface area contributed by atoms with Crippen LogP contribution in [-0.2, 0) is 9.53 Å². The number of likely N-dealkylation sites (tertiary alicyclic amines) is 1. The molecule has 4 heteroatoms. The van der Waals surface area contributed by atoms with Crippen molar-refractivity contribution in [3.05, 3.63) is 0 Å². The molecule has 4 nitrogen and oxygen atoms in total. The first kappa shape index (κ1) is 11.5. The van der Waals surface area contributed by atoms with Crippen molar-refractivity contribution in [1.82, 2.24) is 4.90 Å². The van der Waals surface area contributed by atoms with Crippen LogP contribution in [0.1, 0.15) is 19.8 Å². The zero-order chi connectivity index (χ0) is 10.6. The average Bonchev–Trinajstić information content (AvgIpc) is 2.18. The number of carbonyl (C=O) groups is 1. The Kier molecular flexibility index (Phi) is 4.35. The van der Waals surface area contributed by atoms with Gasteiger partial charge < -0.3 is 14.7 Å². The second-order valence-electron chi connectivity index (χ2n) is 3.96. The molecule has 0 saturated carbocycles. The topological polar surface area (TPSA) is 49.8 Å². The fraction of sp³-hybridized carbons (Fsp3) is 0.900. The van der Waals surface area contributed by atoms with Gasteiger partial charge in [0.1, 0.15) is 0 Å². The van der Waals surface area contributed by atoms with Gasteiger partial charge in [0.25, 0.3) is 0 Å². The molecule has 0 aliphatic carbocycles. The molecule has 0 radical (unpaired) electrons. The standard InChI is InChI=1S/C10H19NO3/c1-8(14-2)7-11-5-3-9(4-6-11)10(12)13/h8-9H,3-7H2,1-2H3,(H,12,13). The molecule has 1 atom stereocenters. The highest BCUT2D eigenvalue weighted by Crippen LogP contribution is 2.17. The number of methoxy groups -OCH3 is 1. The number of carboxylic acids is 1. The lowest BCUT2D eigenvalue weighted by molar-refractivity contribution is -0.143. The Morgan fingerprint density at radius 2 is 2.14 bits per heavy atom. The largest absolute Gasteiger partial charge is 0.481 e. The van der Waals surface area contributed by atoms with Crippen LogP contribution in [0.5, 0.6) is 0 Å². The van der Waals surface area contributed by atoms with E-state index in [-0.39, 0.29) is 12.0 Å². The van der Waals surface area contributed by atoms with Gasteiger partial charge in [0.05, 0.1) is 12.0 Å². The molecule has 0 aromatic heterocycles. The Labute approximate surface area is 84.8 Å². The fourth-order valence-electron chi connectivity index (χ4n) is 1.80. The van der Waals surface area contributed by atoms with E-state index in [0.717, 1.165) is 32.5 Å². The lowest BCUT2D eigenvalue weighted by atomic mass is 9.97. The maximum absolute atomic E-state index is 10.7. The minimum absolute atomic E-state index is 0.135. The highest BCUT2D eigenvalue weighted by molar-refractivity contribution is 5.70. The summed E-state index contributed by atoms with van der Waals surface area (Å²) in [5.74, 6) is -0.784. The van der Waals surface area contributed by atoms with Crippen molar-refractivity contribution >= 4 is 5.97 Å². The molecule has 1 heterocycles. The molecule has 0 spiro atoms. The van der Waals surface area contributed by atoms with Crippen LogP contribution in [0.3, 0.4) is 0 Å². The summed E-state index contributed by atoms with van der Waals surface area (Å²) in [6, 6.07) is 0. The van der Waals surface area contributed by atoms with Crippen LogP contribution in [0.4, 0.5) is 0 Å². The van der Waals surface area contributed by atoms with E-state index < -0.39 is 5.97 Å². The highest BCUT2D eigenvalue weighted by atomic mass is 16.5. The van der Waals surface area contributed by atoms with E-state index in [9.17, 15) is 4.79 Å². The Balaban J connectivity index is 2.25. The van der Waals surface area contributed by atoms with Gasteiger partial charge in [0.2, 0.25) is 0 Å². The van der Waals surface area contributed by atoms with Gasteiger partial charge in [0, 0.05) is 13.7 Å². The van der Waals surface area contributed by atoms with E-state index in [1.54, 1.807) is 7.11 Å². The number of aliphatic carboxylic acids is 1. The van der Waals surface area contributed by atoms with Crippen LogP contribution < -0.4 is 0 Å². The van der Waals surface area contributed by atoms with Crippen LogP contribution in [0.2, 0.25) is 0 Å². The first-order chi connectivity index (χ1) is 6.63. The third-order valence-corrected chi connectivity index (χ3v) is 2.85. The van der Waals surface area contributed by atoms with E-state index in [0.29, 0.717) is 0 Å². The predicted octanol–water partition coefficient (Wildman–Crippen LogP) is 0.818. The molecule has 1 aliphatic rings. The van der Waals surface area contributed by atoms with Gasteiger partial charge in [-0.1, -0.05) is 0 Å². The van der Waals surface area contributed by atoms with E-state index in [1.165, 1.54) is 0 Å². The third kappa shape index (κ3) is 3.27. The van der Waals surface area contributed by atoms with Gasteiger partial charge in [-0.2, -0.15) is 0 Å². The molecule has 1 aliphatic heterocycles. The Bertz CT molecular complexity index is 188. The van der Waals surface area contributed by atoms with Gasteiger partial charge in [-0.25, -0.2) is 0 Å². The summed E-state index contributed by atoms with van der Waals surface area (Å²) in [7, 11) is 1.70. The van der Waals surface area contributed by atoms with Crippen molar-refractivity contribution in [3.63, 3.8) is 0 Å². The van der Waals surface area contributed by atoms with Crippen molar-refractivity contribution in [2.75, 3.05) is 26.7 Å². The third-order valence-electron chi connectivity index (χ3n) is 2.85. The molecule has 1 fully saturated rings. The van der Waals surface area contributed by atoms with E-state index in [1.807, 2.05) is 6.92 Å². The highest BCUT2D eigenvalue weighted by Gasteiger charge is 2.24. The lowest BCUT2D eigenvalue weighted by Gasteiger charge is -2.31. The molecular formula is C10H19NO3. The fourth-order valence-corrected chi connectivity index (χ4v) is 1.80. The zero-order valence-electron chi connectivity index (χ0n) is 8.90. The van der Waals surface area contributed by atoms with Crippen molar-refractivity contribution in [1.29, 1.82) is 0 Å². The summed E-state index contributed by atoms with van der Waals surface area (Å²) in [4.78, 5) is 13.0. The Morgan fingerprint density at radius 1 is 1.57 bits per heavy atom. The number of piperidine rings is 1. The van der Waals surface area contributed by atoms with Crippen LogP contribution in [0.15, 0.2) is 0 Å². The molecule has 1 rings (SSSR count). The van der Waals surface area contributed by atoms with Crippen LogP contribution in [0.25, 0.3) is 0 Å². The van der Waals surface area contributed by atoms with Crippen molar-refractivity contribution < 1.29 is 14.6 Å². The normalized spacial score (nSPS) is 22.1. The summed E-state index contributed by atoms with van der Waals surface area (Å²) in [5, 5.41) is 8.81. The molecular weight excluding hydrogens is 182 g/mol. The summed E-state index contributed by atoms with van der Waals surface area (Å²) < 4.78 is 5.17. The summed E-state index contributed by atoms with van der Waals surface area (Å²) in [5.41, 5.74) is 0. The van der Waals surface area contributed by atoms with Gasteiger partial charge in [-0.15, -0.1) is 0 Å². The van der Waals surface area contributed by atoms with E-state index >= 15 is 0 Å². The number of ether oxygens (including phenoxy) is 1. The minimum Gasteiger partial charge on any atom is -0.481 e. The maximum Gasteiger partial charge on any atom is 0.306 e. The number of rotatable bonds is 4. The first-order valence-electron chi connectivity index (χ1n) is 5.11. The monoisotopic (exact) mass is 201 g/mol. The Morgan fingerprint density at radius 3 is 2.57 bits per heavy atom. The van der Waals surface area contributed by atoms with E-state index in [2.05, 4.69) is 4.90 Å². The number of hydrogen-bond acceptors (Lipinski definition) is 3. The molecule has 1 N–H and O–H groups in total. The number of carboxylic acid groups (broad SMARTS) is 1. The van der Waals surface area contributed by atoms with Gasteiger partial charge in [-0.05, 0) is 32.9 Å². The first-order valence-corrected chi connectivity index (χ1v) is 5.11. The molecule has 1 saturated heterocycles. The molecule has 0 aromatic carbocycles. The Hall–Kier alpha value is -0.610. The van der Waals surface area contributed by atoms with Crippen molar-refractivity contribution in [2.45, 2.75) is 25.9 Å². The van der Waals surface area contributed by atoms with Crippen molar-refractivity contribution in [3.8, 4) is 0 Å². The van der Waals surface area contributed by atoms with Gasteiger partial charge in [-0.3, -0.25) is 4.79 Å².